The molecular formula is C23H21ClN4O. The van der Waals surface area contributed by atoms with E-state index in [1.54, 1.807) is 4.68 Å². The lowest BCUT2D eigenvalue weighted by Gasteiger charge is -2.10. The molecule has 0 spiro atoms. The van der Waals surface area contributed by atoms with Crippen LogP contribution in [-0.2, 0) is 0 Å². The number of halogens is 1. The minimum absolute atomic E-state index is 0.298. The summed E-state index contributed by atoms with van der Waals surface area (Å²) in [6, 6.07) is 17.5. The minimum Gasteiger partial charge on any atom is -0.322 e. The molecule has 5 nitrogen and oxygen atoms in total. The van der Waals surface area contributed by atoms with Gasteiger partial charge in [0.05, 0.1) is 27.4 Å². The Balaban J connectivity index is 1.69. The number of amides is 1. The number of anilines is 1. The molecule has 1 amide bonds. The fourth-order valence-corrected chi connectivity index (χ4v) is 3.62. The highest BCUT2D eigenvalue weighted by molar-refractivity contribution is 6.39. The van der Waals surface area contributed by atoms with Crippen molar-refractivity contribution in [3.05, 3.63) is 82.6 Å². The molecular weight excluding hydrogens is 384 g/mol. The van der Waals surface area contributed by atoms with E-state index in [4.69, 9.17) is 11.6 Å². The fraction of sp³-hybridized carbons (Fsp3) is 0.174. The molecule has 4 rings (SSSR count). The first-order valence-corrected chi connectivity index (χ1v) is 9.84. The van der Waals surface area contributed by atoms with Crippen LogP contribution in [0.15, 0.2) is 60.8 Å². The van der Waals surface area contributed by atoms with Crippen molar-refractivity contribution in [3.63, 3.8) is 0 Å². The number of carbonyl (C=O) groups is 1. The van der Waals surface area contributed by atoms with Crippen LogP contribution in [0.5, 0.6) is 0 Å². The highest BCUT2D eigenvalue weighted by Gasteiger charge is 2.20. The average Bonchev–Trinajstić information content (AvgIpc) is 3.06. The van der Waals surface area contributed by atoms with Crippen molar-refractivity contribution in [2.45, 2.75) is 26.7 Å². The number of hydrogen-bond donors (Lipinski definition) is 1. The van der Waals surface area contributed by atoms with Gasteiger partial charge in [-0.15, -0.1) is 0 Å². The largest absolute Gasteiger partial charge is 0.322 e. The predicted molar refractivity (Wildman–Crippen MR) is 117 cm³/mol. The number of rotatable bonds is 4. The van der Waals surface area contributed by atoms with Gasteiger partial charge in [-0.05, 0) is 42.7 Å². The summed E-state index contributed by atoms with van der Waals surface area (Å²) in [6.07, 6.45) is 1.50. The highest BCUT2D eigenvalue weighted by Crippen LogP contribution is 2.30. The summed E-state index contributed by atoms with van der Waals surface area (Å²) in [6.45, 7) is 6.13. The Bertz CT molecular complexity index is 1180. The van der Waals surface area contributed by atoms with Crippen molar-refractivity contribution in [2.75, 3.05) is 5.32 Å². The van der Waals surface area contributed by atoms with Gasteiger partial charge in [-0.1, -0.05) is 55.8 Å². The molecule has 0 aliphatic rings. The molecule has 6 heteroatoms. The van der Waals surface area contributed by atoms with Gasteiger partial charge in [-0.25, -0.2) is 9.67 Å². The summed E-state index contributed by atoms with van der Waals surface area (Å²) < 4.78 is 1.74. The van der Waals surface area contributed by atoms with Gasteiger partial charge in [0, 0.05) is 11.9 Å². The van der Waals surface area contributed by atoms with Crippen LogP contribution in [0.1, 0.15) is 41.4 Å². The molecule has 2 aromatic heterocycles. The topological polar surface area (TPSA) is 59.8 Å². The van der Waals surface area contributed by atoms with Gasteiger partial charge in [0.15, 0.2) is 5.65 Å². The molecule has 146 valence electrons. The van der Waals surface area contributed by atoms with Gasteiger partial charge in [0.25, 0.3) is 5.91 Å². The standard InChI is InChI=1S/C23H21ClN4O/c1-14(2)16-9-11-17(12-10-16)26-23(29)19-13-25-22-20(21(19)24)15(3)27-28(22)18-7-5-4-6-8-18/h4-14H,1-3H3,(H,26,29). The van der Waals surface area contributed by atoms with E-state index in [1.807, 2.05) is 61.5 Å². The summed E-state index contributed by atoms with van der Waals surface area (Å²) in [7, 11) is 0. The molecule has 0 fully saturated rings. The molecule has 4 aromatic rings. The van der Waals surface area contributed by atoms with E-state index in [-0.39, 0.29) is 5.91 Å². The number of benzene rings is 2. The number of hydrogen-bond acceptors (Lipinski definition) is 3. The Kier molecular flexibility index (Phi) is 5.07. The first-order chi connectivity index (χ1) is 14.0. The molecule has 0 unspecified atom stereocenters. The lowest BCUT2D eigenvalue weighted by Crippen LogP contribution is -2.13. The van der Waals surface area contributed by atoms with Crippen molar-refractivity contribution in [1.29, 1.82) is 0 Å². The molecule has 0 saturated heterocycles. The van der Waals surface area contributed by atoms with Gasteiger partial charge in [0.1, 0.15) is 0 Å². The lowest BCUT2D eigenvalue weighted by molar-refractivity contribution is 0.102. The van der Waals surface area contributed by atoms with Crippen LogP contribution in [0, 0.1) is 6.92 Å². The Labute approximate surface area is 174 Å². The average molecular weight is 405 g/mol. The van der Waals surface area contributed by atoms with Crippen LogP contribution < -0.4 is 5.32 Å². The van der Waals surface area contributed by atoms with Crippen LogP contribution in [-0.4, -0.2) is 20.7 Å². The maximum Gasteiger partial charge on any atom is 0.258 e. The van der Waals surface area contributed by atoms with Crippen LogP contribution in [0.3, 0.4) is 0 Å². The summed E-state index contributed by atoms with van der Waals surface area (Å²) in [5.41, 5.74) is 4.48. The van der Waals surface area contributed by atoms with Crippen LogP contribution >= 0.6 is 11.6 Å². The van der Waals surface area contributed by atoms with Gasteiger partial charge >= 0.3 is 0 Å². The van der Waals surface area contributed by atoms with Crippen LogP contribution in [0.2, 0.25) is 5.02 Å². The SMILES string of the molecule is Cc1nn(-c2ccccc2)c2ncc(C(=O)Nc3ccc(C(C)C)cc3)c(Cl)c12. The van der Waals surface area contributed by atoms with Crippen molar-refractivity contribution >= 4 is 34.2 Å². The second-order valence-corrected chi connectivity index (χ2v) is 7.63. The first-order valence-electron chi connectivity index (χ1n) is 9.46. The number of carbonyl (C=O) groups excluding carboxylic acids is 1. The normalized spacial score (nSPS) is 11.2. The molecule has 0 bridgehead atoms. The van der Waals surface area contributed by atoms with Crippen LogP contribution in [0.25, 0.3) is 16.7 Å². The summed E-state index contributed by atoms with van der Waals surface area (Å²) in [4.78, 5) is 17.3. The van der Waals surface area contributed by atoms with E-state index < -0.39 is 0 Å². The first kappa shape index (κ1) is 19.2. The number of nitrogens with zero attached hydrogens (tertiary/aromatic N) is 3. The van der Waals surface area contributed by atoms with Gasteiger partial charge < -0.3 is 5.32 Å². The third kappa shape index (κ3) is 3.61. The Hall–Kier alpha value is -3.18. The molecule has 2 heterocycles. The van der Waals surface area contributed by atoms with E-state index in [9.17, 15) is 4.79 Å². The number of fused-ring (bicyclic) bond motifs is 1. The molecule has 0 saturated carbocycles. The van der Waals surface area contributed by atoms with Gasteiger partial charge in [-0.2, -0.15) is 5.10 Å². The smallest absolute Gasteiger partial charge is 0.258 e. The number of pyridine rings is 1. The maximum atomic E-state index is 12.8. The molecule has 29 heavy (non-hydrogen) atoms. The zero-order valence-electron chi connectivity index (χ0n) is 16.5. The third-order valence-corrected chi connectivity index (χ3v) is 5.28. The van der Waals surface area contributed by atoms with Crippen molar-refractivity contribution in [1.82, 2.24) is 14.8 Å². The fourth-order valence-electron chi connectivity index (χ4n) is 3.27. The van der Waals surface area contributed by atoms with E-state index >= 15 is 0 Å². The zero-order valence-corrected chi connectivity index (χ0v) is 17.2. The molecule has 0 aliphatic carbocycles. The molecule has 0 aliphatic heterocycles. The Morgan fingerprint density at radius 2 is 1.76 bits per heavy atom. The summed E-state index contributed by atoms with van der Waals surface area (Å²) >= 11 is 6.62. The van der Waals surface area contributed by atoms with Crippen molar-refractivity contribution in [3.8, 4) is 5.69 Å². The summed E-state index contributed by atoms with van der Waals surface area (Å²) in [5.74, 6) is 0.137. The van der Waals surface area contributed by atoms with E-state index in [2.05, 4.69) is 29.2 Å². The number of nitrogens with one attached hydrogen (secondary N) is 1. The third-order valence-electron chi connectivity index (χ3n) is 4.89. The molecule has 0 atom stereocenters. The summed E-state index contributed by atoms with van der Waals surface area (Å²) in [5, 5.41) is 8.50. The minimum atomic E-state index is -0.298. The van der Waals surface area contributed by atoms with Crippen molar-refractivity contribution in [2.24, 2.45) is 0 Å². The van der Waals surface area contributed by atoms with Gasteiger partial charge in [-0.3, -0.25) is 4.79 Å². The van der Waals surface area contributed by atoms with Crippen LogP contribution in [0.4, 0.5) is 5.69 Å². The van der Waals surface area contributed by atoms with E-state index in [0.29, 0.717) is 33.2 Å². The monoisotopic (exact) mass is 404 g/mol. The second kappa shape index (κ2) is 7.68. The number of aromatic nitrogens is 3. The quantitative estimate of drug-likeness (QED) is 0.470. The Morgan fingerprint density at radius 3 is 2.41 bits per heavy atom. The predicted octanol–water partition coefficient (Wildman–Crippen LogP) is 5.76. The maximum absolute atomic E-state index is 12.8. The highest BCUT2D eigenvalue weighted by atomic mass is 35.5. The van der Waals surface area contributed by atoms with E-state index in [0.717, 1.165) is 11.4 Å². The number of para-hydroxylation sites is 1. The number of aryl methyl sites for hydroxylation is 1. The molecule has 1 N–H and O–H groups in total. The zero-order chi connectivity index (χ0) is 20.5. The van der Waals surface area contributed by atoms with E-state index in [1.165, 1.54) is 11.8 Å². The van der Waals surface area contributed by atoms with Crippen molar-refractivity contribution < 1.29 is 4.79 Å². The van der Waals surface area contributed by atoms with Gasteiger partial charge in [0.2, 0.25) is 0 Å². The molecule has 2 aromatic carbocycles. The molecule has 0 radical (unpaired) electrons. The Morgan fingerprint density at radius 1 is 1.07 bits per heavy atom. The second-order valence-electron chi connectivity index (χ2n) is 7.25. The lowest BCUT2D eigenvalue weighted by atomic mass is 10.0.